The van der Waals surface area contributed by atoms with Gasteiger partial charge in [-0.05, 0) is 30.5 Å². The minimum Gasteiger partial charge on any atom is -0.497 e. The lowest BCUT2D eigenvalue weighted by Gasteiger charge is -2.33. The van der Waals surface area contributed by atoms with Crippen LogP contribution in [0.15, 0.2) is 58.1 Å². The van der Waals surface area contributed by atoms with Crippen LogP contribution in [-0.2, 0) is 20.1 Å². The average Bonchev–Trinajstić information content (AvgIpc) is 3.19. The Kier molecular flexibility index (Phi) is 5.08. The number of hydrogen-bond donors (Lipinski definition) is 0. The van der Waals surface area contributed by atoms with Crippen molar-refractivity contribution in [1.82, 2.24) is 18.7 Å². The first-order chi connectivity index (χ1) is 15.9. The molecule has 0 aliphatic carbocycles. The summed E-state index contributed by atoms with van der Waals surface area (Å²) in [5.41, 5.74) is 3.11. The van der Waals surface area contributed by atoms with Gasteiger partial charge in [0.1, 0.15) is 5.75 Å². The molecule has 33 heavy (non-hydrogen) atoms. The maximum atomic E-state index is 13.6. The number of aromatic nitrogens is 4. The maximum absolute atomic E-state index is 13.6. The first-order valence-corrected chi connectivity index (χ1v) is 11.0. The molecule has 0 bridgehead atoms. The number of hydrogen-bond acceptors (Lipinski definition) is 5. The van der Waals surface area contributed by atoms with Gasteiger partial charge in [-0.15, -0.1) is 0 Å². The van der Waals surface area contributed by atoms with E-state index in [2.05, 4.69) is 11.8 Å². The van der Waals surface area contributed by atoms with Crippen LogP contribution < -0.4 is 20.9 Å². The smallest absolute Gasteiger partial charge is 0.332 e. The van der Waals surface area contributed by atoms with Gasteiger partial charge >= 0.3 is 5.69 Å². The Morgan fingerprint density at radius 3 is 2.64 bits per heavy atom. The van der Waals surface area contributed by atoms with Crippen LogP contribution in [0.2, 0.25) is 0 Å². The van der Waals surface area contributed by atoms with E-state index in [0.29, 0.717) is 23.7 Å². The van der Waals surface area contributed by atoms with Crippen molar-refractivity contribution in [1.29, 1.82) is 0 Å². The lowest BCUT2D eigenvalue weighted by Crippen LogP contribution is -2.40. The highest BCUT2D eigenvalue weighted by molar-refractivity contribution is 5.77. The molecule has 3 heterocycles. The molecule has 2 aromatic heterocycles. The van der Waals surface area contributed by atoms with Gasteiger partial charge in [-0.1, -0.05) is 42.8 Å². The van der Waals surface area contributed by atoms with Gasteiger partial charge in [0.15, 0.2) is 11.2 Å². The zero-order valence-electron chi connectivity index (χ0n) is 19.3. The summed E-state index contributed by atoms with van der Waals surface area (Å²) >= 11 is 0. The molecule has 0 unspecified atom stereocenters. The van der Waals surface area contributed by atoms with E-state index in [1.54, 1.807) is 14.2 Å². The predicted molar refractivity (Wildman–Crippen MR) is 129 cm³/mol. The largest absolute Gasteiger partial charge is 0.497 e. The Balaban J connectivity index is 1.71. The highest BCUT2D eigenvalue weighted by atomic mass is 16.5. The fourth-order valence-corrected chi connectivity index (χ4v) is 4.63. The molecule has 0 radical (unpaired) electrons. The van der Waals surface area contributed by atoms with E-state index in [1.807, 2.05) is 60.0 Å². The molecule has 1 aliphatic rings. The Hall–Kier alpha value is -3.81. The Morgan fingerprint density at radius 2 is 1.88 bits per heavy atom. The number of benzene rings is 2. The Morgan fingerprint density at radius 1 is 1.09 bits per heavy atom. The molecule has 8 nitrogen and oxygen atoms in total. The van der Waals surface area contributed by atoms with Crippen LogP contribution in [0.25, 0.3) is 11.2 Å². The summed E-state index contributed by atoms with van der Waals surface area (Å²) < 4.78 is 10.1. The van der Waals surface area contributed by atoms with E-state index in [4.69, 9.17) is 9.72 Å². The van der Waals surface area contributed by atoms with Crippen molar-refractivity contribution in [2.24, 2.45) is 13.0 Å². The zero-order valence-corrected chi connectivity index (χ0v) is 19.3. The first kappa shape index (κ1) is 21.1. The Bertz CT molecular complexity index is 1480. The van der Waals surface area contributed by atoms with Crippen LogP contribution in [0.5, 0.6) is 5.75 Å². The third-order valence-electron chi connectivity index (χ3n) is 6.23. The SMILES string of the molecule is COc1cccc(N2C[C@H](C)Cn3c2nc2c3c(=O)n(Cc3cccc(C)c3)c(=O)n2C)c1. The lowest BCUT2D eigenvalue weighted by atomic mass is 10.1. The lowest BCUT2D eigenvalue weighted by molar-refractivity contribution is 0.414. The summed E-state index contributed by atoms with van der Waals surface area (Å²) in [6, 6.07) is 15.6. The van der Waals surface area contributed by atoms with E-state index < -0.39 is 0 Å². The van der Waals surface area contributed by atoms with Gasteiger partial charge < -0.3 is 14.2 Å². The van der Waals surface area contributed by atoms with E-state index in [0.717, 1.165) is 29.1 Å². The zero-order chi connectivity index (χ0) is 23.3. The minimum absolute atomic E-state index is 0.221. The van der Waals surface area contributed by atoms with Crippen molar-refractivity contribution >= 4 is 22.8 Å². The molecule has 0 N–H and O–H groups in total. The van der Waals surface area contributed by atoms with E-state index in [-0.39, 0.29) is 23.7 Å². The summed E-state index contributed by atoms with van der Waals surface area (Å²) in [7, 11) is 3.31. The summed E-state index contributed by atoms with van der Waals surface area (Å²) in [6.45, 7) is 5.77. The van der Waals surface area contributed by atoms with E-state index >= 15 is 0 Å². The third-order valence-corrected chi connectivity index (χ3v) is 6.23. The molecule has 0 amide bonds. The second-order valence-electron chi connectivity index (χ2n) is 8.83. The van der Waals surface area contributed by atoms with Crippen LogP contribution in [0, 0.1) is 12.8 Å². The van der Waals surface area contributed by atoms with Gasteiger partial charge in [0.05, 0.1) is 13.7 Å². The van der Waals surface area contributed by atoms with Gasteiger partial charge in [-0.25, -0.2) is 4.79 Å². The quantitative estimate of drug-likeness (QED) is 0.483. The average molecular weight is 446 g/mol. The van der Waals surface area contributed by atoms with Gasteiger partial charge in [0, 0.05) is 31.9 Å². The number of nitrogens with zero attached hydrogens (tertiary/aromatic N) is 5. The highest BCUT2D eigenvalue weighted by Gasteiger charge is 2.30. The maximum Gasteiger partial charge on any atom is 0.332 e. The number of methoxy groups -OCH3 is 1. The molecule has 8 heteroatoms. The topological polar surface area (TPSA) is 74.3 Å². The Labute approximate surface area is 191 Å². The number of fused-ring (bicyclic) bond motifs is 3. The number of imidazole rings is 1. The molecule has 2 aromatic carbocycles. The summed E-state index contributed by atoms with van der Waals surface area (Å²) in [4.78, 5) is 33.6. The van der Waals surface area contributed by atoms with Crippen LogP contribution in [0.3, 0.4) is 0 Å². The molecule has 0 fully saturated rings. The summed E-state index contributed by atoms with van der Waals surface area (Å²) in [5.74, 6) is 1.70. The summed E-state index contributed by atoms with van der Waals surface area (Å²) in [6.07, 6.45) is 0. The molecular formula is C25H27N5O3. The van der Waals surface area contributed by atoms with Crippen molar-refractivity contribution in [3.05, 3.63) is 80.5 Å². The molecular weight excluding hydrogens is 418 g/mol. The van der Waals surface area contributed by atoms with Crippen LogP contribution in [0.1, 0.15) is 18.1 Å². The van der Waals surface area contributed by atoms with Gasteiger partial charge in [0.2, 0.25) is 5.95 Å². The highest BCUT2D eigenvalue weighted by Crippen LogP contribution is 2.34. The first-order valence-electron chi connectivity index (χ1n) is 11.0. The fraction of sp³-hybridized carbons (Fsp3) is 0.320. The van der Waals surface area contributed by atoms with Crippen molar-refractivity contribution in [3.63, 3.8) is 0 Å². The van der Waals surface area contributed by atoms with Crippen LogP contribution in [-0.4, -0.2) is 32.3 Å². The molecule has 170 valence electrons. The van der Waals surface area contributed by atoms with Crippen molar-refractivity contribution in [2.45, 2.75) is 26.9 Å². The van der Waals surface area contributed by atoms with Crippen molar-refractivity contribution < 1.29 is 4.74 Å². The van der Waals surface area contributed by atoms with E-state index in [1.165, 1.54) is 9.13 Å². The van der Waals surface area contributed by atoms with Gasteiger partial charge in [-0.2, -0.15) is 4.98 Å². The number of anilines is 2. The molecule has 1 aliphatic heterocycles. The second kappa shape index (κ2) is 7.95. The molecule has 0 spiro atoms. The van der Waals surface area contributed by atoms with E-state index in [9.17, 15) is 9.59 Å². The van der Waals surface area contributed by atoms with Crippen molar-refractivity contribution in [3.8, 4) is 5.75 Å². The van der Waals surface area contributed by atoms with Gasteiger partial charge in [-0.3, -0.25) is 13.9 Å². The molecule has 0 saturated heterocycles. The molecule has 5 rings (SSSR count). The standard InChI is InChI=1S/C25H27N5O3/c1-16-7-5-8-18(11-16)15-30-23(31)21-22(27(3)25(30)32)26-24-28(13-17(2)14-29(21)24)19-9-6-10-20(12-19)33-4/h5-12,17H,13-15H2,1-4H3/t17-/m0/s1. The summed E-state index contributed by atoms with van der Waals surface area (Å²) in [5, 5.41) is 0. The molecule has 1 atom stereocenters. The second-order valence-corrected chi connectivity index (χ2v) is 8.83. The normalized spacial score (nSPS) is 15.6. The predicted octanol–water partition coefficient (Wildman–Crippen LogP) is 3.05. The number of rotatable bonds is 4. The number of aryl methyl sites for hydroxylation is 2. The van der Waals surface area contributed by atoms with Crippen molar-refractivity contribution in [2.75, 3.05) is 18.6 Å². The monoisotopic (exact) mass is 445 g/mol. The molecule has 4 aromatic rings. The molecule has 0 saturated carbocycles. The third kappa shape index (κ3) is 3.51. The minimum atomic E-state index is -0.370. The van der Waals surface area contributed by atoms with Crippen LogP contribution >= 0.6 is 0 Å². The number of ether oxygens (including phenoxy) is 1. The van der Waals surface area contributed by atoms with Crippen LogP contribution in [0.4, 0.5) is 11.6 Å². The van der Waals surface area contributed by atoms with Gasteiger partial charge in [0.25, 0.3) is 5.56 Å². The fourth-order valence-electron chi connectivity index (χ4n) is 4.63.